The zero-order valence-electron chi connectivity index (χ0n) is 14.7. The summed E-state index contributed by atoms with van der Waals surface area (Å²) >= 11 is 6.00. The van der Waals surface area contributed by atoms with Gasteiger partial charge in [0, 0.05) is 49.9 Å². The Bertz CT molecular complexity index is 821. The Labute approximate surface area is 159 Å². The van der Waals surface area contributed by atoms with Gasteiger partial charge in [-0.25, -0.2) is 0 Å². The molecule has 4 nitrogen and oxygen atoms in total. The number of H-pyrrole nitrogens is 1. The summed E-state index contributed by atoms with van der Waals surface area (Å²) in [5.74, 6) is 0. The molecular weight excluding hydrogens is 344 g/mol. The summed E-state index contributed by atoms with van der Waals surface area (Å²) in [6.45, 7) is 6.33. The van der Waals surface area contributed by atoms with E-state index in [0.717, 1.165) is 55.5 Å². The predicted octanol–water partition coefficient (Wildman–Crippen LogP) is 4.05. The number of aromatic nitrogens is 2. The van der Waals surface area contributed by atoms with Crippen LogP contribution in [0.2, 0.25) is 5.02 Å². The van der Waals surface area contributed by atoms with Crippen molar-refractivity contribution in [3.05, 3.63) is 76.9 Å². The van der Waals surface area contributed by atoms with E-state index in [2.05, 4.69) is 50.3 Å². The second-order valence-corrected chi connectivity index (χ2v) is 7.25. The zero-order chi connectivity index (χ0) is 17.8. The molecule has 1 aliphatic rings. The summed E-state index contributed by atoms with van der Waals surface area (Å²) in [4.78, 5) is 5.03. The average Bonchev–Trinajstić information content (AvgIpc) is 3.13. The number of halogens is 1. The fraction of sp³-hybridized carbons (Fsp3) is 0.286. The van der Waals surface area contributed by atoms with E-state index in [0.29, 0.717) is 0 Å². The van der Waals surface area contributed by atoms with Gasteiger partial charge in [-0.2, -0.15) is 5.10 Å². The molecule has 1 N–H and O–H groups in total. The normalized spacial score (nSPS) is 16.0. The SMILES string of the molecule is Clc1ccc(-c2[nH]ncc2CN2CCN(Cc3ccccc3)CC2)cc1. The van der Waals surface area contributed by atoms with Gasteiger partial charge in [0.2, 0.25) is 0 Å². The highest BCUT2D eigenvalue weighted by molar-refractivity contribution is 6.30. The van der Waals surface area contributed by atoms with Gasteiger partial charge in [-0.05, 0) is 23.3 Å². The number of benzene rings is 2. The minimum atomic E-state index is 0.754. The molecule has 2 aromatic carbocycles. The zero-order valence-corrected chi connectivity index (χ0v) is 15.5. The van der Waals surface area contributed by atoms with Gasteiger partial charge in [0.1, 0.15) is 0 Å². The second kappa shape index (κ2) is 8.04. The molecule has 0 bridgehead atoms. The molecule has 5 heteroatoms. The van der Waals surface area contributed by atoms with Gasteiger partial charge in [0.25, 0.3) is 0 Å². The van der Waals surface area contributed by atoms with E-state index in [4.69, 9.17) is 11.6 Å². The molecule has 0 amide bonds. The fourth-order valence-corrected chi connectivity index (χ4v) is 3.61. The van der Waals surface area contributed by atoms with Crippen molar-refractivity contribution in [2.75, 3.05) is 26.2 Å². The molecule has 1 aromatic heterocycles. The summed E-state index contributed by atoms with van der Waals surface area (Å²) in [6, 6.07) is 18.6. The lowest BCUT2D eigenvalue weighted by Crippen LogP contribution is -2.45. The molecule has 3 aromatic rings. The molecule has 1 fully saturated rings. The Kier molecular flexibility index (Phi) is 5.34. The standard InChI is InChI=1S/C21H23ClN4/c22-20-8-6-18(7-9-20)21-19(14-23-24-21)16-26-12-10-25(11-13-26)15-17-4-2-1-3-5-17/h1-9,14H,10-13,15-16H2,(H,23,24). The van der Waals surface area contributed by atoms with Crippen molar-refractivity contribution >= 4 is 11.6 Å². The summed E-state index contributed by atoms with van der Waals surface area (Å²) in [7, 11) is 0. The topological polar surface area (TPSA) is 35.2 Å². The van der Waals surface area contributed by atoms with Gasteiger partial charge < -0.3 is 0 Å². The van der Waals surface area contributed by atoms with Crippen LogP contribution in [0.3, 0.4) is 0 Å². The first-order valence-electron chi connectivity index (χ1n) is 9.05. The van der Waals surface area contributed by atoms with Crippen LogP contribution in [0.25, 0.3) is 11.3 Å². The van der Waals surface area contributed by atoms with Crippen LogP contribution < -0.4 is 0 Å². The molecule has 26 heavy (non-hydrogen) atoms. The van der Waals surface area contributed by atoms with Gasteiger partial charge >= 0.3 is 0 Å². The number of rotatable bonds is 5. The van der Waals surface area contributed by atoms with Crippen LogP contribution in [0.5, 0.6) is 0 Å². The Balaban J connectivity index is 1.35. The lowest BCUT2D eigenvalue weighted by atomic mass is 10.1. The van der Waals surface area contributed by atoms with Crippen molar-refractivity contribution in [1.82, 2.24) is 20.0 Å². The molecule has 0 aliphatic carbocycles. The van der Waals surface area contributed by atoms with Gasteiger partial charge in [-0.15, -0.1) is 0 Å². The summed E-state index contributed by atoms with van der Waals surface area (Å²) in [5.41, 5.74) is 4.85. The number of piperazine rings is 1. The monoisotopic (exact) mass is 366 g/mol. The Hall–Kier alpha value is -2.14. The van der Waals surface area contributed by atoms with Crippen molar-refractivity contribution < 1.29 is 0 Å². The van der Waals surface area contributed by atoms with E-state index in [-0.39, 0.29) is 0 Å². The average molecular weight is 367 g/mol. The van der Waals surface area contributed by atoms with Crippen LogP contribution in [0.1, 0.15) is 11.1 Å². The molecule has 2 heterocycles. The third-order valence-corrected chi connectivity index (χ3v) is 5.21. The van der Waals surface area contributed by atoms with Crippen molar-refractivity contribution in [3.63, 3.8) is 0 Å². The molecule has 1 aliphatic heterocycles. The first-order chi connectivity index (χ1) is 12.8. The van der Waals surface area contributed by atoms with Gasteiger partial charge in [-0.1, -0.05) is 54.1 Å². The highest BCUT2D eigenvalue weighted by atomic mass is 35.5. The molecule has 134 valence electrons. The number of nitrogens with one attached hydrogen (secondary N) is 1. The van der Waals surface area contributed by atoms with Crippen LogP contribution in [-0.4, -0.2) is 46.2 Å². The van der Waals surface area contributed by atoms with Crippen LogP contribution in [0, 0.1) is 0 Å². The van der Waals surface area contributed by atoms with Crippen LogP contribution >= 0.6 is 11.6 Å². The lowest BCUT2D eigenvalue weighted by molar-refractivity contribution is 0.122. The Morgan fingerprint density at radius 2 is 1.50 bits per heavy atom. The van der Waals surface area contributed by atoms with Crippen LogP contribution in [-0.2, 0) is 13.1 Å². The molecule has 4 rings (SSSR count). The first-order valence-corrected chi connectivity index (χ1v) is 9.42. The molecular formula is C21H23ClN4. The maximum absolute atomic E-state index is 6.00. The number of aromatic amines is 1. The van der Waals surface area contributed by atoms with E-state index in [1.54, 1.807) is 0 Å². The lowest BCUT2D eigenvalue weighted by Gasteiger charge is -2.34. The van der Waals surface area contributed by atoms with Crippen molar-refractivity contribution in [3.8, 4) is 11.3 Å². The molecule has 0 saturated carbocycles. The number of hydrogen-bond donors (Lipinski definition) is 1. The van der Waals surface area contributed by atoms with Crippen molar-refractivity contribution in [2.45, 2.75) is 13.1 Å². The highest BCUT2D eigenvalue weighted by Crippen LogP contribution is 2.24. The third kappa shape index (κ3) is 4.15. The van der Waals surface area contributed by atoms with Crippen LogP contribution in [0.4, 0.5) is 0 Å². The van der Waals surface area contributed by atoms with E-state index < -0.39 is 0 Å². The van der Waals surface area contributed by atoms with E-state index in [9.17, 15) is 0 Å². The maximum Gasteiger partial charge on any atom is 0.0695 e. The summed E-state index contributed by atoms with van der Waals surface area (Å²) < 4.78 is 0. The molecule has 0 unspecified atom stereocenters. The van der Waals surface area contributed by atoms with Gasteiger partial charge in [-0.3, -0.25) is 14.9 Å². The summed E-state index contributed by atoms with van der Waals surface area (Å²) in [5, 5.41) is 8.16. The fourth-order valence-electron chi connectivity index (χ4n) is 3.49. The second-order valence-electron chi connectivity index (χ2n) is 6.82. The van der Waals surface area contributed by atoms with E-state index >= 15 is 0 Å². The number of hydrogen-bond acceptors (Lipinski definition) is 3. The maximum atomic E-state index is 6.00. The largest absolute Gasteiger partial charge is 0.297 e. The third-order valence-electron chi connectivity index (χ3n) is 4.96. The molecule has 0 radical (unpaired) electrons. The van der Waals surface area contributed by atoms with Gasteiger partial charge in [0.15, 0.2) is 0 Å². The van der Waals surface area contributed by atoms with E-state index in [1.807, 2.05) is 30.5 Å². The number of nitrogens with zero attached hydrogens (tertiary/aromatic N) is 3. The van der Waals surface area contributed by atoms with Crippen molar-refractivity contribution in [1.29, 1.82) is 0 Å². The van der Waals surface area contributed by atoms with Crippen LogP contribution in [0.15, 0.2) is 60.8 Å². The molecule has 0 spiro atoms. The van der Waals surface area contributed by atoms with E-state index in [1.165, 1.54) is 11.1 Å². The van der Waals surface area contributed by atoms with Crippen molar-refractivity contribution in [2.24, 2.45) is 0 Å². The minimum absolute atomic E-state index is 0.754. The summed E-state index contributed by atoms with van der Waals surface area (Å²) in [6.07, 6.45) is 1.94. The quantitative estimate of drug-likeness (QED) is 0.740. The Morgan fingerprint density at radius 1 is 0.846 bits per heavy atom. The smallest absolute Gasteiger partial charge is 0.0695 e. The molecule has 0 atom stereocenters. The minimum Gasteiger partial charge on any atom is -0.297 e. The predicted molar refractivity (Wildman–Crippen MR) is 106 cm³/mol. The Morgan fingerprint density at radius 3 is 2.19 bits per heavy atom. The molecule has 1 saturated heterocycles. The first kappa shape index (κ1) is 17.3. The highest BCUT2D eigenvalue weighted by Gasteiger charge is 2.19. The van der Waals surface area contributed by atoms with Gasteiger partial charge in [0.05, 0.1) is 11.9 Å².